The van der Waals surface area contributed by atoms with E-state index in [0.29, 0.717) is 0 Å². The van der Waals surface area contributed by atoms with Gasteiger partial charge in [0.05, 0.1) is 5.38 Å². The van der Waals surface area contributed by atoms with Crippen molar-refractivity contribution in [1.82, 2.24) is 0 Å². The van der Waals surface area contributed by atoms with Crippen LogP contribution < -0.4 is 0 Å². The Morgan fingerprint density at radius 3 is 2.00 bits per heavy atom. The van der Waals surface area contributed by atoms with Crippen molar-refractivity contribution >= 4 is 34.8 Å². The van der Waals surface area contributed by atoms with Gasteiger partial charge in [0.25, 0.3) is 0 Å². The summed E-state index contributed by atoms with van der Waals surface area (Å²) in [4.78, 5) is -0.561. The Balaban J connectivity index is 2.79. The average molecular weight is 238 g/mol. The molecule has 0 bridgehead atoms. The lowest BCUT2D eigenvalue weighted by molar-refractivity contribution is 1.03. The lowest BCUT2D eigenvalue weighted by Gasteiger charge is -2.10. The van der Waals surface area contributed by atoms with Gasteiger partial charge in [-0.3, -0.25) is 0 Å². The van der Waals surface area contributed by atoms with Gasteiger partial charge in [0.15, 0.2) is 0 Å². The predicted octanol–water partition coefficient (Wildman–Crippen LogP) is 4.33. The highest BCUT2D eigenvalue weighted by Gasteiger charge is 2.15. The van der Waals surface area contributed by atoms with E-state index in [2.05, 4.69) is 6.92 Å². The fraction of sp³-hybridized carbons (Fsp3) is 0.400. The number of hydrogen-bond donors (Lipinski definition) is 0. The summed E-state index contributed by atoms with van der Waals surface area (Å²) in [5.74, 6) is 0. The summed E-state index contributed by atoms with van der Waals surface area (Å²) in [6.45, 7) is 2.11. The van der Waals surface area contributed by atoms with Crippen molar-refractivity contribution in [3.05, 3.63) is 35.4 Å². The van der Waals surface area contributed by atoms with Crippen LogP contribution in [-0.2, 0) is 6.42 Å². The first-order valence-corrected chi connectivity index (χ1v) is 5.47. The number of rotatable bonds is 3. The molecule has 0 aliphatic rings. The van der Waals surface area contributed by atoms with Gasteiger partial charge in [0.1, 0.15) is 4.84 Å². The summed E-state index contributed by atoms with van der Waals surface area (Å²) >= 11 is 17.3. The van der Waals surface area contributed by atoms with Gasteiger partial charge < -0.3 is 0 Å². The van der Waals surface area contributed by atoms with Gasteiger partial charge >= 0.3 is 0 Å². The highest BCUT2D eigenvalue weighted by molar-refractivity contribution is 6.48. The van der Waals surface area contributed by atoms with Crippen LogP contribution >= 0.6 is 34.8 Å². The third-order valence-corrected chi connectivity index (χ3v) is 3.19. The van der Waals surface area contributed by atoms with Crippen LogP contribution in [0.25, 0.3) is 0 Å². The molecule has 1 unspecified atom stereocenters. The van der Waals surface area contributed by atoms with Gasteiger partial charge in [0.2, 0.25) is 0 Å². The Labute approximate surface area is 93.8 Å². The van der Waals surface area contributed by atoms with Crippen LogP contribution in [-0.4, -0.2) is 4.84 Å². The van der Waals surface area contributed by atoms with E-state index in [-0.39, 0.29) is 5.38 Å². The molecule has 13 heavy (non-hydrogen) atoms. The minimum Gasteiger partial charge on any atom is -0.115 e. The largest absolute Gasteiger partial charge is 0.128 e. The SMILES string of the molecule is CCc1ccc(C(Cl)C(Cl)Cl)cc1. The molecule has 1 rings (SSSR count). The van der Waals surface area contributed by atoms with E-state index in [1.165, 1.54) is 5.56 Å². The Kier molecular flexibility index (Phi) is 4.37. The molecule has 0 aliphatic heterocycles. The zero-order valence-electron chi connectivity index (χ0n) is 7.31. The molecule has 0 nitrogen and oxygen atoms in total. The van der Waals surface area contributed by atoms with Gasteiger partial charge in [-0.05, 0) is 17.5 Å². The van der Waals surface area contributed by atoms with E-state index in [1.807, 2.05) is 24.3 Å². The first-order chi connectivity index (χ1) is 6.15. The summed E-state index contributed by atoms with van der Waals surface area (Å²) in [7, 11) is 0. The summed E-state index contributed by atoms with van der Waals surface area (Å²) in [6, 6.07) is 8.02. The van der Waals surface area contributed by atoms with E-state index in [9.17, 15) is 0 Å². The summed E-state index contributed by atoms with van der Waals surface area (Å²) < 4.78 is 0. The summed E-state index contributed by atoms with van der Waals surface area (Å²) in [5.41, 5.74) is 2.25. The normalized spacial score (nSPS) is 13.3. The number of benzene rings is 1. The molecule has 1 aromatic carbocycles. The molecule has 0 saturated heterocycles. The van der Waals surface area contributed by atoms with Gasteiger partial charge in [-0.25, -0.2) is 0 Å². The standard InChI is InChI=1S/C10H11Cl3/c1-2-7-3-5-8(6-4-7)9(11)10(12)13/h3-6,9-10H,2H2,1H3. The van der Waals surface area contributed by atoms with Crippen LogP contribution in [0.5, 0.6) is 0 Å². The highest BCUT2D eigenvalue weighted by Crippen LogP contribution is 2.30. The third-order valence-electron chi connectivity index (χ3n) is 1.93. The maximum atomic E-state index is 5.97. The molecule has 0 aliphatic carbocycles. The van der Waals surface area contributed by atoms with Gasteiger partial charge in [-0.1, -0.05) is 31.2 Å². The smallest absolute Gasteiger partial charge is 0.115 e. The van der Waals surface area contributed by atoms with Crippen LogP contribution in [0.15, 0.2) is 24.3 Å². The van der Waals surface area contributed by atoms with E-state index < -0.39 is 4.84 Å². The van der Waals surface area contributed by atoms with Crippen molar-refractivity contribution < 1.29 is 0 Å². The highest BCUT2D eigenvalue weighted by atomic mass is 35.5. The maximum Gasteiger partial charge on any atom is 0.128 e. The second-order valence-electron chi connectivity index (χ2n) is 2.83. The lowest BCUT2D eigenvalue weighted by Crippen LogP contribution is -1.99. The van der Waals surface area contributed by atoms with Crippen molar-refractivity contribution in [1.29, 1.82) is 0 Å². The zero-order chi connectivity index (χ0) is 9.84. The summed E-state index contributed by atoms with van der Waals surface area (Å²) in [5, 5.41) is -0.325. The van der Waals surface area contributed by atoms with Crippen LogP contribution in [0.4, 0.5) is 0 Å². The Hall–Kier alpha value is 0.0900. The van der Waals surface area contributed by atoms with E-state index in [4.69, 9.17) is 34.8 Å². The first kappa shape index (κ1) is 11.2. The van der Waals surface area contributed by atoms with Crippen molar-refractivity contribution in [2.45, 2.75) is 23.6 Å². The van der Waals surface area contributed by atoms with Crippen molar-refractivity contribution in [3.8, 4) is 0 Å². The summed E-state index contributed by atoms with van der Waals surface area (Å²) in [6.07, 6.45) is 1.03. The minimum absolute atomic E-state index is 0.325. The van der Waals surface area contributed by atoms with Crippen LogP contribution in [0.3, 0.4) is 0 Å². The monoisotopic (exact) mass is 236 g/mol. The molecular formula is C10H11Cl3. The Bertz CT molecular complexity index is 253. The second-order valence-corrected chi connectivity index (χ2v) is 4.47. The van der Waals surface area contributed by atoms with E-state index in [1.54, 1.807) is 0 Å². The molecule has 1 aromatic rings. The first-order valence-electron chi connectivity index (χ1n) is 4.16. The number of hydrogen-bond acceptors (Lipinski definition) is 0. The van der Waals surface area contributed by atoms with Crippen LogP contribution in [0.1, 0.15) is 23.4 Å². The molecule has 0 saturated carbocycles. The molecule has 0 heterocycles. The second kappa shape index (κ2) is 5.09. The van der Waals surface area contributed by atoms with E-state index >= 15 is 0 Å². The van der Waals surface area contributed by atoms with Crippen molar-refractivity contribution in [2.24, 2.45) is 0 Å². The molecule has 0 spiro atoms. The Morgan fingerprint density at radius 1 is 1.08 bits per heavy atom. The third kappa shape index (κ3) is 3.05. The number of halogens is 3. The van der Waals surface area contributed by atoms with Gasteiger partial charge in [0, 0.05) is 0 Å². The average Bonchev–Trinajstić information content (AvgIpc) is 2.17. The van der Waals surface area contributed by atoms with E-state index in [0.717, 1.165) is 12.0 Å². The molecule has 72 valence electrons. The predicted molar refractivity (Wildman–Crippen MR) is 59.9 cm³/mol. The molecule has 1 atom stereocenters. The number of alkyl halides is 3. The molecule has 0 radical (unpaired) electrons. The molecule has 0 aromatic heterocycles. The number of aryl methyl sites for hydroxylation is 1. The lowest BCUT2D eigenvalue weighted by atomic mass is 10.1. The topological polar surface area (TPSA) is 0 Å². The molecule has 0 N–H and O–H groups in total. The Morgan fingerprint density at radius 2 is 1.62 bits per heavy atom. The van der Waals surface area contributed by atoms with Crippen molar-refractivity contribution in [3.63, 3.8) is 0 Å². The molecule has 0 amide bonds. The fourth-order valence-corrected chi connectivity index (χ4v) is 1.52. The molecule has 3 heteroatoms. The molecule has 0 fully saturated rings. The van der Waals surface area contributed by atoms with Gasteiger partial charge in [-0.15, -0.1) is 34.8 Å². The fourth-order valence-electron chi connectivity index (χ4n) is 1.08. The van der Waals surface area contributed by atoms with Gasteiger partial charge in [-0.2, -0.15) is 0 Å². The molecular weight excluding hydrogens is 226 g/mol. The minimum atomic E-state index is -0.561. The maximum absolute atomic E-state index is 5.97. The van der Waals surface area contributed by atoms with Crippen LogP contribution in [0.2, 0.25) is 0 Å². The zero-order valence-corrected chi connectivity index (χ0v) is 9.57. The van der Waals surface area contributed by atoms with Crippen LogP contribution in [0, 0.1) is 0 Å². The van der Waals surface area contributed by atoms with Crippen molar-refractivity contribution in [2.75, 3.05) is 0 Å². The quantitative estimate of drug-likeness (QED) is 0.686.